The third-order valence-corrected chi connectivity index (χ3v) is 5.79. The van der Waals surface area contributed by atoms with Crippen molar-refractivity contribution in [2.75, 3.05) is 19.6 Å². The molecule has 0 bridgehead atoms. The summed E-state index contributed by atoms with van der Waals surface area (Å²) >= 11 is 0. The van der Waals surface area contributed by atoms with Gasteiger partial charge in [0.15, 0.2) is 5.82 Å². The summed E-state index contributed by atoms with van der Waals surface area (Å²) in [6, 6.07) is 10.8. The van der Waals surface area contributed by atoms with E-state index in [9.17, 15) is 4.79 Å². The number of benzene rings is 1. The van der Waals surface area contributed by atoms with Crippen LogP contribution in [0.3, 0.4) is 0 Å². The standard InChI is InChI=1S/C23H32N4O2/c1-16(2)27-21-10-11-25(14-19-8-6-5-7-9-19)15-20(21)24-22(27)23(28)26-12-17(3)29-18(4)13-26/h5-9,16-18H,10-15H2,1-4H3. The van der Waals surface area contributed by atoms with Crippen LogP contribution in [0.2, 0.25) is 0 Å². The van der Waals surface area contributed by atoms with E-state index in [-0.39, 0.29) is 24.2 Å². The number of hydrogen-bond donors (Lipinski definition) is 0. The van der Waals surface area contributed by atoms with Crippen LogP contribution in [0.5, 0.6) is 0 Å². The number of ether oxygens (including phenoxy) is 1. The number of morpholine rings is 1. The number of amides is 1. The molecular weight excluding hydrogens is 364 g/mol. The molecular formula is C23H32N4O2. The first-order valence-electron chi connectivity index (χ1n) is 10.7. The molecule has 2 aliphatic rings. The molecule has 156 valence electrons. The summed E-state index contributed by atoms with van der Waals surface area (Å²) < 4.78 is 7.97. The van der Waals surface area contributed by atoms with Gasteiger partial charge in [0.1, 0.15) is 0 Å². The third kappa shape index (κ3) is 4.23. The minimum Gasteiger partial charge on any atom is -0.372 e. The smallest absolute Gasteiger partial charge is 0.290 e. The van der Waals surface area contributed by atoms with Crippen LogP contribution in [0.1, 0.15) is 61.3 Å². The van der Waals surface area contributed by atoms with Crippen LogP contribution in [0, 0.1) is 0 Å². The van der Waals surface area contributed by atoms with E-state index in [0.29, 0.717) is 18.9 Å². The van der Waals surface area contributed by atoms with Crippen molar-refractivity contribution in [1.29, 1.82) is 0 Å². The molecule has 0 saturated carbocycles. The Labute approximate surface area is 173 Å². The zero-order valence-corrected chi connectivity index (χ0v) is 18.0. The highest BCUT2D eigenvalue weighted by molar-refractivity contribution is 5.91. The fourth-order valence-corrected chi connectivity index (χ4v) is 4.63. The highest BCUT2D eigenvalue weighted by Gasteiger charge is 2.33. The number of rotatable bonds is 4. The van der Waals surface area contributed by atoms with Crippen LogP contribution in [0.4, 0.5) is 0 Å². The molecule has 1 aromatic heterocycles. The summed E-state index contributed by atoms with van der Waals surface area (Å²) in [4.78, 5) is 22.6. The van der Waals surface area contributed by atoms with Gasteiger partial charge in [-0.3, -0.25) is 9.69 Å². The maximum Gasteiger partial charge on any atom is 0.290 e. The van der Waals surface area contributed by atoms with Crippen molar-refractivity contribution < 1.29 is 9.53 Å². The van der Waals surface area contributed by atoms with Crippen molar-refractivity contribution in [3.05, 3.63) is 53.1 Å². The van der Waals surface area contributed by atoms with Crippen molar-refractivity contribution in [3.8, 4) is 0 Å². The minimum atomic E-state index is 0.0321. The number of aromatic nitrogens is 2. The Bertz CT molecular complexity index is 851. The Hall–Kier alpha value is -2.18. The maximum absolute atomic E-state index is 13.4. The molecule has 0 spiro atoms. The number of carbonyl (C=O) groups excluding carboxylic acids is 1. The SMILES string of the molecule is CC1CN(C(=O)c2nc3c(n2C(C)C)CCN(Cc2ccccc2)C3)CC(C)O1. The maximum atomic E-state index is 13.4. The van der Waals surface area contributed by atoms with Gasteiger partial charge in [0.25, 0.3) is 5.91 Å². The molecule has 1 amide bonds. The molecule has 4 rings (SSSR count). The molecule has 1 aromatic carbocycles. The van der Waals surface area contributed by atoms with E-state index in [4.69, 9.17) is 9.72 Å². The summed E-state index contributed by atoms with van der Waals surface area (Å²) in [6.45, 7) is 12.3. The van der Waals surface area contributed by atoms with E-state index < -0.39 is 0 Å². The van der Waals surface area contributed by atoms with Gasteiger partial charge >= 0.3 is 0 Å². The molecule has 2 atom stereocenters. The zero-order chi connectivity index (χ0) is 20.5. The average Bonchev–Trinajstić information content (AvgIpc) is 3.06. The molecule has 1 saturated heterocycles. The number of hydrogen-bond acceptors (Lipinski definition) is 4. The molecule has 29 heavy (non-hydrogen) atoms. The zero-order valence-electron chi connectivity index (χ0n) is 18.0. The van der Waals surface area contributed by atoms with Gasteiger partial charge in [0, 0.05) is 50.9 Å². The second kappa shape index (κ2) is 8.28. The number of fused-ring (bicyclic) bond motifs is 1. The Morgan fingerprint density at radius 2 is 1.86 bits per heavy atom. The predicted molar refractivity (Wildman–Crippen MR) is 113 cm³/mol. The first-order chi connectivity index (χ1) is 13.9. The Morgan fingerprint density at radius 3 is 2.52 bits per heavy atom. The molecule has 0 N–H and O–H groups in total. The summed E-state index contributed by atoms with van der Waals surface area (Å²) in [5.74, 6) is 0.623. The highest BCUT2D eigenvalue weighted by Crippen LogP contribution is 2.26. The van der Waals surface area contributed by atoms with Gasteiger partial charge in [0.05, 0.1) is 17.9 Å². The molecule has 3 heterocycles. The van der Waals surface area contributed by atoms with Gasteiger partial charge in [-0.1, -0.05) is 30.3 Å². The van der Waals surface area contributed by atoms with Crippen molar-refractivity contribution >= 4 is 5.91 Å². The topological polar surface area (TPSA) is 50.6 Å². The molecule has 0 aliphatic carbocycles. The number of imidazole rings is 1. The largest absolute Gasteiger partial charge is 0.372 e. The van der Waals surface area contributed by atoms with Gasteiger partial charge in [0.2, 0.25) is 0 Å². The lowest BCUT2D eigenvalue weighted by Gasteiger charge is -2.35. The summed E-state index contributed by atoms with van der Waals surface area (Å²) in [7, 11) is 0. The lowest BCUT2D eigenvalue weighted by atomic mass is 10.1. The fourth-order valence-electron chi connectivity index (χ4n) is 4.63. The fraction of sp³-hybridized carbons (Fsp3) is 0.565. The van der Waals surface area contributed by atoms with Crippen molar-refractivity contribution in [2.45, 2.75) is 65.5 Å². The average molecular weight is 397 g/mol. The summed E-state index contributed by atoms with van der Waals surface area (Å²) in [5.41, 5.74) is 3.59. The summed E-state index contributed by atoms with van der Waals surface area (Å²) in [5, 5.41) is 0. The Kier molecular flexibility index (Phi) is 5.74. The van der Waals surface area contributed by atoms with Crippen LogP contribution in [-0.4, -0.2) is 57.1 Å². The molecule has 1 fully saturated rings. The predicted octanol–water partition coefficient (Wildman–Crippen LogP) is 3.27. The van der Waals surface area contributed by atoms with Crippen molar-refractivity contribution in [2.24, 2.45) is 0 Å². The van der Waals surface area contributed by atoms with Crippen molar-refractivity contribution in [3.63, 3.8) is 0 Å². The molecule has 6 nitrogen and oxygen atoms in total. The normalized spacial score (nSPS) is 22.7. The second-order valence-electron chi connectivity index (χ2n) is 8.71. The molecule has 2 unspecified atom stereocenters. The molecule has 6 heteroatoms. The molecule has 2 aromatic rings. The number of nitrogens with zero attached hydrogens (tertiary/aromatic N) is 4. The van der Waals surface area contributed by atoms with Crippen LogP contribution in [0.15, 0.2) is 30.3 Å². The first-order valence-corrected chi connectivity index (χ1v) is 10.7. The van der Waals surface area contributed by atoms with Gasteiger partial charge in [-0.15, -0.1) is 0 Å². The Morgan fingerprint density at radius 1 is 1.17 bits per heavy atom. The van der Waals surface area contributed by atoms with Crippen LogP contribution < -0.4 is 0 Å². The molecule has 2 aliphatic heterocycles. The van der Waals surface area contributed by atoms with Gasteiger partial charge in [-0.25, -0.2) is 4.98 Å². The number of carbonyl (C=O) groups is 1. The van der Waals surface area contributed by atoms with E-state index >= 15 is 0 Å². The van der Waals surface area contributed by atoms with E-state index in [1.807, 2.05) is 24.8 Å². The Balaban J connectivity index is 1.58. The van der Waals surface area contributed by atoms with E-state index in [1.54, 1.807) is 0 Å². The lowest BCUT2D eigenvalue weighted by Crippen LogP contribution is -2.48. The van der Waals surface area contributed by atoms with Gasteiger partial charge in [-0.2, -0.15) is 0 Å². The quantitative estimate of drug-likeness (QED) is 0.796. The highest BCUT2D eigenvalue weighted by atomic mass is 16.5. The monoisotopic (exact) mass is 396 g/mol. The van der Waals surface area contributed by atoms with E-state index in [0.717, 1.165) is 31.7 Å². The third-order valence-electron chi connectivity index (χ3n) is 5.79. The van der Waals surface area contributed by atoms with Crippen molar-refractivity contribution in [1.82, 2.24) is 19.4 Å². The van der Waals surface area contributed by atoms with E-state index in [2.05, 4.69) is 47.6 Å². The second-order valence-corrected chi connectivity index (χ2v) is 8.71. The van der Waals surface area contributed by atoms with Crippen LogP contribution >= 0.6 is 0 Å². The first kappa shape index (κ1) is 20.1. The lowest BCUT2D eigenvalue weighted by molar-refractivity contribution is -0.0590. The van der Waals surface area contributed by atoms with Gasteiger partial charge in [-0.05, 0) is 33.3 Å². The van der Waals surface area contributed by atoms with Crippen LogP contribution in [0.25, 0.3) is 0 Å². The summed E-state index contributed by atoms with van der Waals surface area (Å²) in [6.07, 6.45) is 1.04. The minimum absolute atomic E-state index is 0.0321. The van der Waals surface area contributed by atoms with E-state index in [1.165, 1.54) is 11.3 Å². The van der Waals surface area contributed by atoms with Gasteiger partial charge < -0.3 is 14.2 Å². The molecule has 0 radical (unpaired) electrons. The van der Waals surface area contributed by atoms with Crippen LogP contribution in [-0.2, 0) is 24.2 Å².